The van der Waals surface area contributed by atoms with Crippen molar-refractivity contribution >= 4 is 0 Å². The molecule has 1 saturated carbocycles. The molecule has 1 aromatic carbocycles. The summed E-state index contributed by atoms with van der Waals surface area (Å²) in [6, 6.07) is 8.41. The lowest BCUT2D eigenvalue weighted by Crippen LogP contribution is -2.04. The second-order valence-corrected chi connectivity index (χ2v) is 4.99. The molecule has 0 aliphatic heterocycles. The molecule has 1 unspecified atom stereocenters. The van der Waals surface area contributed by atoms with Gasteiger partial charge in [-0.05, 0) is 36.8 Å². The van der Waals surface area contributed by atoms with Gasteiger partial charge in [-0.2, -0.15) is 0 Å². The van der Waals surface area contributed by atoms with Gasteiger partial charge in [-0.25, -0.2) is 0 Å². The molecule has 0 heterocycles. The molecular formula is C15H22O. The second kappa shape index (κ2) is 5.49. The first-order valence-corrected chi connectivity index (χ1v) is 6.56. The van der Waals surface area contributed by atoms with E-state index in [1.54, 1.807) is 0 Å². The summed E-state index contributed by atoms with van der Waals surface area (Å²) >= 11 is 0. The Morgan fingerprint density at radius 1 is 1.06 bits per heavy atom. The van der Waals surface area contributed by atoms with Crippen LogP contribution < -0.4 is 0 Å². The molecule has 1 N–H and O–H groups in total. The summed E-state index contributed by atoms with van der Waals surface area (Å²) in [6.45, 7) is 1.87. The van der Waals surface area contributed by atoms with Gasteiger partial charge in [0.15, 0.2) is 0 Å². The minimum absolute atomic E-state index is 0.334. The van der Waals surface area contributed by atoms with Crippen molar-refractivity contribution in [1.29, 1.82) is 0 Å². The minimum atomic E-state index is -0.334. The lowest BCUT2D eigenvalue weighted by atomic mass is 9.87. The number of rotatable bonds is 2. The molecule has 1 aromatic rings. The molecule has 0 radical (unpaired) electrons. The Hall–Kier alpha value is -0.820. The average Bonchev–Trinajstić information content (AvgIpc) is 2.57. The summed E-state index contributed by atoms with van der Waals surface area (Å²) < 4.78 is 0. The van der Waals surface area contributed by atoms with E-state index in [9.17, 15) is 5.11 Å². The van der Waals surface area contributed by atoms with Crippen molar-refractivity contribution < 1.29 is 5.11 Å². The van der Waals surface area contributed by atoms with E-state index in [0.29, 0.717) is 5.92 Å². The zero-order valence-corrected chi connectivity index (χ0v) is 10.2. The molecule has 0 aromatic heterocycles. The van der Waals surface area contributed by atoms with Gasteiger partial charge in [0.25, 0.3) is 0 Å². The summed E-state index contributed by atoms with van der Waals surface area (Å²) in [4.78, 5) is 0. The van der Waals surface area contributed by atoms with Crippen molar-refractivity contribution in [3.63, 3.8) is 0 Å². The fraction of sp³-hybridized carbons (Fsp3) is 0.600. The van der Waals surface area contributed by atoms with Crippen LogP contribution in [0.4, 0.5) is 0 Å². The van der Waals surface area contributed by atoms with Crippen LogP contribution in [-0.4, -0.2) is 5.11 Å². The molecule has 88 valence electrons. The molecule has 0 amide bonds. The third-order valence-electron chi connectivity index (χ3n) is 3.74. The Labute approximate surface area is 98.5 Å². The van der Waals surface area contributed by atoms with Gasteiger partial charge in [0.2, 0.25) is 0 Å². The van der Waals surface area contributed by atoms with Gasteiger partial charge in [0.1, 0.15) is 0 Å². The largest absolute Gasteiger partial charge is 0.389 e. The third kappa shape index (κ3) is 2.65. The van der Waals surface area contributed by atoms with E-state index >= 15 is 0 Å². The Morgan fingerprint density at radius 3 is 2.31 bits per heavy atom. The first kappa shape index (κ1) is 11.7. The van der Waals surface area contributed by atoms with Gasteiger partial charge < -0.3 is 5.11 Å². The van der Waals surface area contributed by atoms with Crippen molar-refractivity contribution in [2.24, 2.45) is 0 Å². The van der Waals surface area contributed by atoms with Gasteiger partial charge in [-0.3, -0.25) is 0 Å². The molecule has 0 saturated heterocycles. The third-order valence-corrected chi connectivity index (χ3v) is 3.74. The van der Waals surface area contributed by atoms with Crippen LogP contribution in [0.2, 0.25) is 0 Å². The predicted molar refractivity (Wildman–Crippen MR) is 67.5 cm³/mol. The van der Waals surface area contributed by atoms with Gasteiger partial charge in [0, 0.05) is 0 Å². The van der Waals surface area contributed by atoms with Gasteiger partial charge in [0.05, 0.1) is 6.10 Å². The monoisotopic (exact) mass is 218 g/mol. The summed E-state index contributed by atoms with van der Waals surface area (Å²) in [7, 11) is 0. The maximum atomic E-state index is 9.81. The molecule has 1 nitrogen and oxygen atoms in total. The standard InChI is InChI=1S/C15H22O/c1-12(16)14-10-6-7-11-15(14)13-8-4-2-3-5-9-13/h6-7,10-13,16H,2-5,8-9H2,1H3. The second-order valence-electron chi connectivity index (χ2n) is 4.99. The highest BCUT2D eigenvalue weighted by atomic mass is 16.3. The van der Waals surface area contributed by atoms with Gasteiger partial charge in [-0.15, -0.1) is 0 Å². The summed E-state index contributed by atoms with van der Waals surface area (Å²) in [6.07, 6.45) is 7.71. The van der Waals surface area contributed by atoms with Gasteiger partial charge >= 0.3 is 0 Å². The maximum absolute atomic E-state index is 9.81. The maximum Gasteiger partial charge on any atom is 0.0764 e. The highest BCUT2D eigenvalue weighted by molar-refractivity contribution is 5.32. The van der Waals surface area contributed by atoms with Crippen LogP contribution in [0.3, 0.4) is 0 Å². The van der Waals surface area contributed by atoms with E-state index < -0.39 is 0 Å². The van der Waals surface area contributed by atoms with Crippen LogP contribution in [0.15, 0.2) is 24.3 Å². The number of hydrogen-bond acceptors (Lipinski definition) is 1. The van der Waals surface area contributed by atoms with E-state index in [0.717, 1.165) is 5.56 Å². The van der Waals surface area contributed by atoms with E-state index in [1.807, 2.05) is 13.0 Å². The lowest BCUT2D eigenvalue weighted by molar-refractivity contribution is 0.197. The number of hydrogen-bond donors (Lipinski definition) is 1. The van der Waals surface area contributed by atoms with Crippen molar-refractivity contribution in [2.45, 2.75) is 57.5 Å². The molecule has 16 heavy (non-hydrogen) atoms. The normalized spacial score (nSPS) is 20.4. The number of aliphatic hydroxyl groups is 1. The lowest BCUT2D eigenvalue weighted by Gasteiger charge is -2.20. The summed E-state index contributed by atoms with van der Waals surface area (Å²) in [5, 5.41) is 9.81. The van der Waals surface area contributed by atoms with Crippen LogP contribution >= 0.6 is 0 Å². The Kier molecular flexibility index (Phi) is 4.00. The van der Waals surface area contributed by atoms with Gasteiger partial charge in [-0.1, -0.05) is 49.9 Å². The van der Waals surface area contributed by atoms with Crippen molar-refractivity contribution in [1.82, 2.24) is 0 Å². The van der Waals surface area contributed by atoms with Crippen LogP contribution in [0.5, 0.6) is 0 Å². The van der Waals surface area contributed by atoms with E-state index in [2.05, 4.69) is 18.2 Å². The average molecular weight is 218 g/mol. The Bertz CT molecular complexity index is 322. The first-order valence-electron chi connectivity index (χ1n) is 6.56. The zero-order chi connectivity index (χ0) is 11.4. The van der Waals surface area contributed by atoms with E-state index in [-0.39, 0.29) is 6.10 Å². The molecule has 1 fully saturated rings. The highest BCUT2D eigenvalue weighted by Crippen LogP contribution is 2.35. The molecule has 1 atom stereocenters. The van der Waals surface area contributed by atoms with Crippen LogP contribution in [-0.2, 0) is 0 Å². The quantitative estimate of drug-likeness (QED) is 0.738. The Morgan fingerprint density at radius 2 is 1.69 bits per heavy atom. The molecule has 0 bridgehead atoms. The Balaban J connectivity index is 2.23. The minimum Gasteiger partial charge on any atom is -0.389 e. The molecule has 1 aliphatic carbocycles. The fourth-order valence-electron chi connectivity index (χ4n) is 2.85. The fourth-order valence-corrected chi connectivity index (χ4v) is 2.85. The van der Waals surface area contributed by atoms with Crippen molar-refractivity contribution in [3.05, 3.63) is 35.4 Å². The number of aliphatic hydroxyl groups excluding tert-OH is 1. The molecule has 1 aliphatic rings. The van der Waals surface area contributed by atoms with Crippen LogP contribution in [0.25, 0.3) is 0 Å². The van der Waals surface area contributed by atoms with Crippen LogP contribution in [0.1, 0.15) is 68.6 Å². The molecule has 0 spiro atoms. The van der Waals surface area contributed by atoms with E-state index in [1.165, 1.54) is 44.1 Å². The zero-order valence-electron chi connectivity index (χ0n) is 10.2. The van der Waals surface area contributed by atoms with Crippen molar-refractivity contribution in [3.8, 4) is 0 Å². The first-order chi connectivity index (χ1) is 7.79. The predicted octanol–water partition coefficient (Wildman–Crippen LogP) is 4.18. The molecule has 2 rings (SSSR count). The topological polar surface area (TPSA) is 20.2 Å². The van der Waals surface area contributed by atoms with Crippen molar-refractivity contribution in [2.75, 3.05) is 0 Å². The molecular weight excluding hydrogens is 196 g/mol. The number of benzene rings is 1. The molecule has 1 heteroatoms. The summed E-state index contributed by atoms with van der Waals surface area (Å²) in [5.41, 5.74) is 2.52. The van der Waals surface area contributed by atoms with E-state index in [4.69, 9.17) is 0 Å². The smallest absolute Gasteiger partial charge is 0.0764 e. The summed E-state index contributed by atoms with van der Waals surface area (Å²) in [5.74, 6) is 0.674. The highest BCUT2D eigenvalue weighted by Gasteiger charge is 2.18. The van der Waals surface area contributed by atoms with Crippen LogP contribution in [0, 0.1) is 0 Å². The SMILES string of the molecule is CC(O)c1ccccc1C1CCCCCC1.